The van der Waals surface area contributed by atoms with Gasteiger partial charge < -0.3 is 10.6 Å². The zero-order valence-electron chi connectivity index (χ0n) is 18.7. The topological polar surface area (TPSA) is 124 Å². The molecule has 0 atom stereocenters. The number of hydrogen-bond acceptors (Lipinski definition) is 6. The fraction of sp³-hybridized carbons (Fsp3) is 0.0800. The molecule has 9 nitrogen and oxygen atoms in total. The first-order valence-electron chi connectivity index (χ1n) is 10.4. The van der Waals surface area contributed by atoms with E-state index in [-0.39, 0.29) is 17.7 Å². The summed E-state index contributed by atoms with van der Waals surface area (Å²) in [7, 11) is 0. The van der Waals surface area contributed by atoms with Gasteiger partial charge in [0.15, 0.2) is 0 Å². The van der Waals surface area contributed by atoms with Gasteiger partial charge in [-0.25, -0.2) is 5.43 Å². The number of rotatable bonds is 8. The third kappa shape index (κ3) is 7.72. The van der Waals surface area contributed by atoms with E-state index in [0.717, 1.165) is 11.1 Å². The maximum Gasteiger partial charge on any atom is 0.271 e. The van der Waals surface area contributed by atoms with Gasteiger partial charge in [-0.3, -0.25) is 19.8 Å². The highest BCUT2D eigenvalue weighted by atomic mass is 16.2. The molecule has 3 aromatic carbocycles. The SMILES string of the molecule is CC(=O)Nc1ccc(/C=N\NC(=O)c2cccc(N/N=C\c3ccc(NC(C)=O)cc3)c2)cc1. The van der Waals surface area contributed by atoms with Crippen molar-refractivity contribution in [2.75, 3.05) is 16.1 Å². The Balaban J connectivity index is 1.53. The van der Waals surface area contributed by atoms with Crippen molar-refractivity contribution in [3.63, 3.8) is 0 Å². The minimum Gasteiger partial charge on any atom is -0.326 e. The van der Waals surface area contributed by atoms with E-state index in [1.54, 1.807) is 66.9 Å². The molecule has 0 aliphatic carbocycles. The molecule has 0 aliphatic heterocycles. The normalized spacial score (nSPS) is 10.8. The predicted molar refractivity (Wildman–Crippen MR) is 134 cm³/mol. The van der Waals surface area contributed by atoms with Crippen LogP contribution in [0.2, 0.25) is 0 Å². The van der Waals surface area contributed by atoms with Crippen LogP contribution in [0.1, 0.15) is 35.3 Å². The van der Waals surface area contributed by atoms with Gasteiger partial charge in [-0.2, -0.15) is 10.2 Å². The summed E-state index contributed by atoms with van der Waals surface area (Å²) >= 11 is 0. The quantitative estimate of drug-likeness (QED) is 0.304. The maximum atomic E-state index is 12.4. The van der Waals surface area contributed by atoms with E-state index in [1.807, 2.05) is 12.1 Å². The highest BCUT2D eigenvalue weighted by molar-refractivity contribution is 5.96. The maximum absolute atomic E-state index is 12.4. The standard InChI is InChI=1S/C25H24N6O3/c1-17(32)28-22-10-6-19(7-11-22)15-26-30-24-5-3-4-21(14-24)25(34)31-27-16-20-8-12-23(13-9-20)29-18(2)33/h3-16,30H,1-2H3,(H,28,32)(H,29,33)(H,31,34)/b26-15-,27-16-. The summed E-state index contributed by atoms with van der Waals surface area (Å²) in [6.45, 7) is 2.89. The van der Waals surface area contributed by atoms with Gasteiger partial charge in [0.25, 0.3) is 5.91 Å². The van der Waals surface area contributed by atoms with Crippen LogP contribution < -0.4 is 21.5 Å². The third-order valence-corrected chi connectivity index (χ3v) is 4.37. The summed E-state index contributed by atoms with van der Waals surface area (Å²) in [6.07, 6.45) is 3.14. The first-order valence-corrected chi connectivity index (χ1v) is 10.4. The first kappa shape index (κ1) is 23.9. The van der Waals surface area contributed by atoms with E-state index in [0.29, 0.717) is 22.6 Å². The fourth-order valence-corrected chi connectivity index (χ4v) is 2.85. The van der Waals surface area contributed by atoms with Crippen LogP contribution in [0.15, 0.2) is 83.0 Å². The Kier molecular flexibility index (Phi) is 8.23. The van der Waals surface area contributed by atoms with Crippen LogP contribution in [0.3, 0.4) is 0 Å². The Labute approximate surface area is 197 Å². The Morgan fingerprint density at radius 2 is 1.21 bits per heavy atom. The zero-order valence-corrected chi connectivity index (χ0v) is 18.7. The number of carbonyl (C=O) groups excluding carboxylic acids is 3. The van der Waals surface area contributed by atoms with Crippen LogP contribution in [-0.2, 0) is 9.59 Å². The van der Waals surface area contributed by atoms with Gasteiger partial charge >= 0.3 is 0 Å². The Morgan fingerprint density at radius 1 is 0.676 bits per heavy atom. The molecule has 0 saturated carbocycles. The molecule has 34 heavy (non-hydrogen) atoms. The average Bonchev–Trinajstić information content (AvgIpc) is 2.81. The lowest BCUT2D eigenvalue weighted by atomic mass is 10.2. The molecule has 4 N–H and O–H groups in total. The number of benzene rings is 3. The van der Waals surface area contributed by atoms with Crippen LogP contribution in [0.25, 0.3) is 0 Å². The van der Waals surface area contributed by atoms with Gasteiger partial charge in [-0.05, 0) is 53.6 Å². The van der Waals surface area contributed by atoms with Gasteiger partial charge in [-0.15, -0.1) is 0 Å². The van der Waals surface area contributed by atoms with Crippen LogP contribution in [-0.4, -0.2) is 30.2 Å². The summed E-state index contributed by atoms with van der Waals surface area (Å²) in [5.74, 6) is -0.643. The molecule has 0 radical (unpaired) electrons. The van der Waals surface area contributed by atoms with Crippen molar-refractivity contribution >= 4 is 47.2 Å². The Morgan fingerprint density at radius 3 is 1.74 bits per heavy atom. The van der Waals surface area contributed by atoms with Crippen molar-refractivity contribution in [2.45, 2.75) is 13.8 Å². The van der Waals surface area contributed by atoms with Gasteiger partial charge in [0.1, 0.15) is 0 Å². The van der Waals surface area contributed by atoms with Crippen molar-refractivity contribution in [1.82, 2.24) is 5.43 Å². The van der Waals surface area contributed by atoms with E-state index in [1.165, 1.54) is 20.1 Å². The molecular weight excluding hydrogens is 432 g/mol. The van der Waals surface area contributed by atoms with Crippen LogP contribution in [0, 0.1) is 0 Å². The molecular formula is C25H24N6O3. The third-order valence-electron chi connectivity index (χ3n) is 4.37. The molecule has 9 heteroatoms. The largest absolute Gasteiger partial charge is 0.326 e. The number of carbonyl (C=O) groups is 3. The fourth-order valence-electron chi connectivity index (χ4n) is 2.85. The van der Waals surface area contributed by atoms with Crippen molar-refractivity contribution in [2.24, 2.45) is 10.2 Å². The van der Waals surface area contributed by atoms with E-state index in [9.17, 15) is 14.4 Å². The second-order valence-corrected chi connectivity index (χ2v) is 7.26. The van der Waals surface area contributed by atoms with E-state index in [4.69, 9.17) is 0 Å². The average molecular weight is 457 g/mol. The highest BCUT2D eigenvalue weighted by Gasteiger charge is 2.05. The Bertz CT molecular complexity index is 1220. The second kappa shape index (κ2) is 11.7. The summed E-state index contributed by atoms with van der Waals surface area (Å²) in [6, 6.07) is 21.1. The summed E-state index contributed by atoms with van der Waals surface area (Å²) < 4.78 is 0. The molecule has 3 amide bonds. The lowest BCUT2D eigenvalue weighted by Gasteiger charge is -2.04. The number of nitrogens with zero attached hydrogens (tertiary/aromatic N) is 2. The van der Waals surface area contributed by atoms with Crippen molar-refractivity contribution < 1.29 is 14.4 Å². The summed E-state index contributed by atoms with van der Waals surface area (Å²) in [5, 5.41) is 13.5. The number of hydrazone groups is 2. The lowest BCUT2D eigenvalue weighted by molar-refractivity contribution is -0.115. The summed E-state index contributed by atoms with van der Waals surface area (Å²) in [4.78, 5) is 34.5. The summed E-state index contributed by atoms with van der Waals surface area (Å²) in [5.41, 5.74) is 9.43. The number of hydrogen-bond donors (Lipinski definition) is 4. The van der Waals surface area contributed by atoms with Gasteiger partial charge in [-0.1, -0.05) is 30.3 Å². The molecule has 0 aromatic heterocycles. The molecule has 3 rings (SSSR count). The first-order chi connectivity index (χ1) is 16.4. The van der Waals surface area contributed by atoms with Gasteiger partial charge in [0.2, 0.25) is 11.8 Å². The minimum atomic E-state index is -0.368. The molecule has 0 bridgehead atoms. The zero-order chi connectivity index (χ0) is 24.3. The van der Waals surface area contributed by atoms with Crippen LogP contribution in [0.4, 0.5) is 17.1 Å². The molecule has 0 fully saturated rings. The van der Waals surface area contributed by atoms with E-state index < -0.39 is 0 Å². The van der Waals surface area contributed by atoms with E-state index >= 15 is 0 Å². The van der Waals surface area contributed by atoms with Crippen molar-refractivity contribution in [3.05, 3.63) is 89.5 Å². The smallest absolute Gasteiger partial charge is 0.271 e. The highest BCUT2D eigenvalue weighted by Crippen LogP contribution is 2.12. The predicted octanol–water partition coefficient (Wildman–Crippen LogP) is 3.81. The lowest BCUT2D eigenvalue weighted by Crippen LogP contribution is -2.17. The van der Waals surface area contributed by atoms with Crippen molar-refractivity contribution in [3.8, 4) is 0 Å². The molecule has 172 valence electrons. The molecule has 0 aliphatic rings. The van der Waals surface area contributed by atoms with Crippen LogP contribution in [0.5, 0.6) is 0 Å². The second-order valence-electron chi connectivity index (χ2n) is 7.26. The monoisotopic (exact) mass is 456 g/mol. The number of anilines is 3. The molecule has 0 saturated heterocycles. The Hall–Kier alpha value is -4.79. The molecule has 0 spiro atoms. The van der Waals surface area contributed by atoms with Gasteiger partial charge in [0.05, 0.1) is 18.1 Å². The minimum absolute atomic E-state index is 0.130. The van der Waals surface area contributed by atoms with Crippen molar-refractivity contribution in [1.29, 1.82) is 0 Å². The number of nitrogens with one attached hydrogen (secondary N) is 4. The molecule has 0 unspecified atom stereocenters. The van der Waals surface area contributed by atoms with Gasteiger partial charge in [0, 0.05) is 30.8 Å². The number of amides is 3. The van der Waals surface area contributed by atoms with Crippen LogP contribution >= 0.6 is 0 Å². The molecule has 3 aromatic rings. The van der Waals surface area contributed by atoms with E-state index in [2.05, 4.69) is 31.7 Å². The molecule has 0 heterocycles.